The van der Waals surface area contributed by atoms with Crippen LogP contribution in [0.2, 0.25) is 0 Å². The van der Waals surface area contributed by atoms with Crippen LogP contribution in [0.15, 0.2) is 45.9 Å². The Hall–Kier alpha value is -2.89. The minimum Gasteiger partial charge on any atom is -0.442 e. The van der Waals surface area contributed by atoms with E-state index in [1.165, 1.54) is 6.33 Å². The van der Waals surface area contributed by atoms with Gasteiger partial charge in [0.1, 0.15) is 11.1 Å². The van der Waals surface area contributed by atoms with Gasteiger partial charge in [-0.1, -0.05) is 37.3 Å². The maximum atomic E-state index is 12.5. The van der Waals surface area contributed by atoms with Crippen molar-refractivity contribution in [1.29, 1.82) is 0 Å². The highest BCUT2D eigenvalue weighted by atomic mass is 16.3. The lowest BCUT2D eigenvalue weighted by Gasteiger charge is -2.12. The maximum Gasteiger partial charge on any atom is 0.262 e. The molecule has 6 nitrogen and oxygen atoms in total. The fourth-order valence-corrected chi connectivity index (χ4v) is 2.56. The van der Waals surface area contributed by atoms with Crippen LogP contribution in [0.25, 0.3) is 11.1 Å². The summed E-state index contributed by atoms with van der Waals surface area (Å²) >= 11 is 0. The lowest BCUT2D eigenvalue weighted by atomic mass is 10.0. The van der Waals surface area contributed by atoms with Crippen LogP contribution >= 0.6 is 0 Å². The number of amides is 1. The van der Waals surface area contributed by atoms with E-state index >= 15 is 0 Å². The van der Waals surface area contributed by atoms with Gasteiger partial charge < -0.3 is 14.7 Å². The van der Waals surface area contributed by atoms with Gasteiger partial charge in [0.25, 0.3) is 11.5 Å². The maximum absolute atomic E-state index is 12.5. The fourth-order valence-electron chi connectivity index (χ4n) is 2.56. The Morgan fingerprint density at radius 2 is 2.09 bits per heavy atom. The van der Waals surface area contributed by atoms with Crippen LogP contribution < -0.4 is 10.9 Å². The molecule has 1 aromatic carbocycles. The van der Waals surface area contributed by atoms with Crippen molar-refractivity contribution in [1.82, 2.24) is 15.3 Å². The number of hydrogen-bond donors (Lipinski definition) is 2. The summed E-state index contributed by atoms with van der Waals surface area (Å²) < 4.78 is 5.40. The predicted molar refractivity (Wildman–Crippen MR) is 86.6 cm³/mol. The first-order valence-electron chi connectivity index (χ1n) is 7.38. The summed E-state index contributed by atoms with van der Waals surface area (Å²) in [6.45, 7) is 4.15. The zero-order valence-electron chi connectivity index (χ0n) is 12.9. The molecule has 3 rings (SSSR count). The Kier molecular flexibility index (Phi) is 3.97. The van der Waals surface area contributed by atoms with E-state index in [4.69, 9.17) is 4.42 Å². The van der Waals surface area contributed by atoms with Gasteiger partial charge in [-0.25, -0.2) is 4.98 Å². The largest absolute Gasteiger partial charge is 0.442 e. The Morgan fingerprint density at radius 3 is 2.83 bits per heavy atom. The molecule has 2 aromatic heterocycles. The molecule has 2 heterocycles. The standard InChI is InChI=1S/C17H17N3O3/c1-10(12-6-4-3-5-7-12)8-18-15(21)13-11(2)23-17-14(13)16(22)19-9-20-17/h3-7,9-10H,8H2,1-2H3,(H,18,21)(H,19,20,22)/t10-/m0/s1. The van der Waals surface area contributed by atoms with E-state index in [2.05, 4.69) is 15.3 Å². The van der Waals surface area contributed by atoms with Crippen LogP contribution in [-0.2, 0) is 0 Å². The molecule has 0 radical (unpaired) electrons. The number of aryl methyl sites for hydroxylation is 1. The number of nitrogens with one attached hydrogen (secondary N) is 2. The molecule has 0 aliphatic rings. The van der Waals surface area contributed by atoms with Crippen molar-refractivity contribution < 1.29 is 9.21 Å². The van der Waals surface area contributed by atoms with E-state index in [-0.39, 0.29) is 34.0 Å². The van der Waals surface area contributed by atoms with Crippen molar-refractivity contribution >= 4 is 17.0 Å². The molecule has 118 valence electrons. The molecule has 0 aliphatic heterocycles. The van der Waals surface area contributed by atoms with Crippen LogP contribution in [-0.4, -0.2) is 22.4 Å². The summed E-state index contributed by atoms with van der Waals surface area (Å²) in [6.07, 6.45) is 1.26. The first kappa shape index (κ1) is 15.0. The quantitative estimate of drug-likeness (QED) is 0.774. The molecule has 2 N–H and O–H groups in total. The highest BCUT2D eigenvalue weighted by Gasteiger charge is 2.21. The van der Waals surface area contributed by atoms with Crippen LogP contribution in [0.1, 0.15) is 34.5 Å². The van der Waals surface area contributed by atoms with Gasteiger partial charge in [-0.3, -0.25) is 9.59 Å². The zero-order valence-corrected chi connectivity index (χ0v) is 12.9. The molecule has 0 saturated carbocycles. The molecule has 6 heteroatoms. The second-order valence-electron chi connectivity index (χ2n) is 5.47. The van der Waals surface area contributed by atoms with Gasteiger partial charge in [0.15, 0.2) is 0 Å². The summed E-state index contributed by atoms with van der Waals surface area (Å²) in [5.74, 6) is 0.214. The second-order valence-corrected chi connectivity index (χ2v) is 5.47. The molecule has 0 fully saturated rings. The molecule has 3 aromatic rings. The first-order valence-corrected chi connectivity index (χ1v) is 7.38. The fraction of sp³-hybridized carbons (Fsp3) is 0.235. The van der Waals surface area contributed by atoms with Gasteiger partial charge in [-0.2, -0.15) is 0 Å². The van der Waals surface area contributed by atoms with Crippen molar-refractivity contribution in [3.05, 3.63) is 63.9 Å². The molecular weight excluding hydrogens is 294 g/mol. The summed E-state index contributed by atoms with van der Waals surface area (Å²) in [5, 5.41) is 3.05. The minimum absolute atomic E-state index is 0.162. The van der Waals surface area contributed by atoms with E-state index < -0.39 is 0 Å². The van der Waals surface area contributed by atoms with Crippen molar-refractivity contribution in [2.75, 3.05) is 6.54 Å². The van der Waals surface area contributed by atoms with Crippen LogP contribution in [0.4, 0.5) is 0 Å². The topological polar surface area (TPSA) is 88.0 Å². The molecule has 0 bridgehead atoms. The van der Waals surface area contributed by atoms with Crippen LogP contribution in [0.5, 0.6) is 0 Å². The average Bonchev–Trinajstić information content (AvgIpc) is 2.90. The summed E-state index contributed by atoms with van der Waals surface area (Å²) in [7, 11) is 0. The van der Waals surface area contributed by atoms with Crippen LogP contribution in [0, 0.1) is 6.92 Å². The van der Waals surface area contributed by atoms with Gasteiger partial charge in [0, 0.05) is 6.54 Å². The number of furan rings is 1. The summed E-state index contributed by atoms with van der Waals surface area (Å²) in [5.41, 5.74) is 1.18. The number of carbonyl (C=O) groups excluding carboxylic acids is 1. The number of aromatic nitrogens is 2. The Labute approximate surface area is 132 Å². The third kappa shape index (κ3) is 2.88. The second kappa shape index (κ2) is 6.08. The average molecular weight is 311 g/mol. The van der Waals surface area contributed by atoms with Gasteiger partial charge in [-0.15, -0.1) is 0 Å². The van der Waals surface area contributed by atoms with E-state index in [0.717, 1.165) is 5.56 Å². The SMILES string of the molecule is Cc1oc2nc[nH]c(=O)c2c1C(=O)NC[C@H](C)c1ccccc1. The smallest absolute Gasteiger partial charge is 0.262 e. The third-order valence-corrected chi connectivity index (χ3v) is 3.83. The van der Waals surface area contributed by atoms with Crippen LogP contribution in [0.3, 0.4) is 0 Å². The molecular formula is C17H17N3O3. The van der Waals surface area contributed by atoms with E-state index in [9.17, 15) is 9.59 Å². The zero-order chi connectivity index (χ0) is 16.4. The Bertz CT molecular complexity index is 896. The Balaban J connectivity index is 1.82. The molecule has 0 unspecified atom stereocenters. The predicted octanol–water partition coefficient (Wildman–Crippen LogP) is 2.36. The number of carbonyl (C=O) groups is 1. The third-order valence-electron chi connectivity index (χ3n) is 3.83. The molecule has 1 amide bonds. The lowest BCUT2D eigenvalue weighted by molar-refractivity contribution is 0.0951. The van der Waals surface area contributed by atoms with E-state index in [1.807, 2.05) is 37.3 Å². The van der Waals surface area contributed by atoms with Gasteiger partial charge in [-0.05, 0) is 18.4 Å². The normalized spacial score (nSPS) is 12.3. The van der Waals surface area contributed by atoms with Gasteiger partial charge in [0.2, 0.25) is 5.71 Å². The highest BCUT2D eigenvalue weighted by Crippen LogP contribution is 2.20. The van der Waals surface area contributed by atoms with Crippen molar-refractivity contribution in [3.63, 3.8) is 0 Å². The molecule has 0 saturated heterocycles. The summed E-state index contributed by atoms with van der Waals surface area (Å²) in [4.78, 5) is 30.8. The van der Waals surface area contributed by atoms with Gasteiger partial charge >= 0.3 is 0 Å². The number of benzene rings is 1. The first-order chi connectivity index (χ1) is 11.1. The number of H-pyrrole nitrogens is 1. The number of aromatic amines is 1. The number of nitrogens with zero attached hydrogens (tertiary/aromatic N) is 1. The lowest BCUT2D eigenvalue weighted by Crippen LogP contribution is -2.28. The van der Waals surface area contributed by atoms with E-state index in [0.29, 0.717) is 12.3 Å². The van der Waals surface area contributed by atoms with Gasteiger partial charge in [0.05, 0.1) is 11.9 Å². The number of rotatable bonds is 4. The minimum atomic E-state index is -0.381. The molecule has 0 aliphatic carbocycles. The molecule has 1 atom stereocenters. The molecule has 23 heavy (non-hydrogen) atoms. The molecule has 0 spiro atoms. The number of fused-ring (bicyclic) bond motifs is 1. The van der Waals surface area contributed by atoms with Crippen molar-refractivity contribution in [2.45, 2.75) is 19.8 Å². The van der Waals surface area contributed by atoms with Crippen molar-refractivity contribution in [3.8, 4) is 0 Å². The van der Waals surface area contributed by atoms with E-state index in [1.54, 1.807) is 6.92 Å². The monoisotopic (exact) mass is 311 g/mol. The Morgan fingerprint density at radius 1 is 1.35 bits per heavy atom. The highest BCUT2D eigenvalue weighted by molar-refractivity contribution is 6.06. The number of hydrogen-bond acceptors (Lipinski definition) is 4. The van der Waals surface area contributed by atoms with Crippen molar-refractivity contribution in [2.24, 2.45) is 0 Å². The summed E-state index contributed by atoms with van der Waals surface area (Å²) in [6, 6.07) is 9.92.